The Morgan fingerprint density at radius 2 is 1.14 bits per heavy atom. The third-order valence-corrected chi connectivity index (χ3v) is 19.5. The van der Waals surface area contributed by atoms with Gasteiger partial charge < -0.3 is 4.98 Å². The maximum atomic E-state index is 6.37. The number of nitrogens with zero attached hydrogens (tertiary/aromatic N) is 1. The van der Waals surface area contributed by atoms with E-state index < -0.39 is 0 Å². The highest BCUT2D eigenvalue weighted by Crippen LogP contribution is 2.59. The molecule has 414 valence electrons. The zero-order valence-corrected chi connectivity index (χ0v) is 50.5. The van der Waals surface area contributed by atoms with Crippen LogP contribution in [0.15, 0.2) is 229 Å². The highest BCUT2D eigenvalue weighted by Gasteiger charge is 2.47. The molecule has 1 N–H and O–H groups in total. The normalized spacial score (nSPS) is 20.1. The van der Waals surface area contributed by atoms with E-state index in [4.69, 9.17) is 4.99 Å². The smallest absolute Gasteiger partial charge is 0.0822 e. The fourth-order valence-corrected chi connectivity index (χ4v) is 15.0. The molecular weight excluding hydrogens is 1010 g/mol. The Morgan fingerprint density at radius 3 is 1.87 bits per heavy atom. The predicted molar refractivity (Wildman–Crippen MR) is 358 cm³/mol. The van der Waals surface area contributed by atoms with Crippen molar-refractivity contribution >= 4 is 34.6 Å². The van der Waals surface area contributed by atoms with Crippen LogP contribution in [0.1, 0.15) is 172 Å². The summed E-state index contributed by atoms with van der Waals surface area (Å²) >= 11 is 0. The average Bonchev–Trinajstić information content (AvgIpc) is 2.45. The third kappa shape index (κ3) is 8.61. The molecule has 14 rings (SSSR count). The number of aromatic amines is 1. The first-order valence-electron chi connectivity index (χ1n) is 30.6. The monoisotopic (exact) mass is 1090 g/mol. The van der Waals surface area contributed by atoms with Crippen molar-refractivity contribution < 1.29 is 0 Å². The highest BCUT2D eigenvalue weighted by atomic mass is 14.8. The summed E-state index contributed by atoms with van der Waals surface area (Å²) in [5, 5.41) is 0. The number of nitrogens with one attached hydrogen (secondary N) is 1. The summed E-state index contributed by atoms with van der Waals surface area (Å²) in [7, 11) is 0. The molecule has 2 heteroatoms. The van der Waals surface area contributed by atoms with Crippen LogP contribution >= 0.6 is 0 Å². The summed E-state index contributed by atoms with van der Waals surface area (Å²) in [5.41, 5.74) is 30.0. The fraction of sp³-hybridized carbons (Fsp3) is 0.232. The van der Waals surface area contributed by atoms with Crippen LogP contribution in [0.4, 0.5) is 0 Å². The van der Waals surface area contributed by atoms with E-state index in [9.17, 15) is 0 Å². The Balaban J connectivity index is 1.19. The fourth-order valence-electron chi connectivity index (χ4n) is 15.0. The summed E-state index contributed by atoms with van der Waals surface area (Å²) in [6.07, 6.45) is 29.8. The first-order chi connectivity index (χ1) is 40.5. The van der Waals surface area contributed by atoms with E-state index in [1.165, 1.54) is 83.5 Å². The maximum Gasteiger partial charge on any atom is 0.0822 e. The number of aromatic nitrogens is 1. The standard InChI is InChI=1S/C82H76N2/c1-79(2,3)56-47-43-54(44-48-56)75-72(62-37-25-41-66-70(62)60-34-20-22-39-64(60)81(66,7)8)68(52-28-15-11-16-29-52)77(83-75)74(59-36-24-32-51-27-14-13-19-33-58(51)59)78-69(53-30-17-12-18-31-53)73(76(84-78)55-45-49-57(50-46-55)80(4,5)6)63-38-26-42-67-71(63)61-35-21-23-40-65(61)82(67,9)10/h11-12,14-30,32-50,53,60,64,84H,13,31H2,1-10H3/b77-74-. The Kier molecular flexibility index (Phi) is 12.8. The first kappa shape index (κ1) is 53.4. The van der Waals surface area contributed by atoms with E-state index in [0.717, 1.165) is 69.0 Å². The second-order valence-corrected chi connectivity index (χ2v) is 27.3. The molecule has 5 aliphatic carbocycles. The van der Waals surface area contributed by atoms with Crippen molar-refractivity contribution in [3.8, 4) is 33.5 Å². The summed E-state index contributed by atoms with van der Waals surface area (Å²) < 4.78 is 0. The molecule has 84 heavy (non-hydrogen) atoms. The summed E-state index contributed by atoms with van der Waals surface area (Å²) in [4.78, 5) is 10.9. The Morgan fingerprint density at radius 1 is 0.512 bits per heavy atom. The zero-order chi connectivity index (χ0) is 57.9. The average molecular weight is 1090 g/mol. The Labute approximate surface area is 499 Å². The topological polar surface area (TPSA) is 28.1 Å². The van der Waals surface area contributed by atoms with Gasteiger partial charge in [0, 0.05) is 45.1 Å². The lowest BCUT2D eigenvalue weighted by atomic mass is 9.74. The van der Waals surface area contributed by atoms with Gasteiger partial charge in [-0.25, -0.2) is 4.99 Å². The van der Waals surface area contributed by atoms with Gasteiger partial charge in [0.05, 0.1) is 22.8 Å². The molecule has 0 bridgehead atoms. The molecule has 1 aliphatic heterocycles. The Bertz CT molecular complexity index is 4280. The van der Waals surface area contributed by atoms with Gasteiger partial charge in [-0.3, -0.25) is 0 Å². The minimum Gasteiger partial charge on any atom is -0.354 e. The largest absolute Gasteiger partial charge is 0.354 e. The lowest BCUT2D eigenvalue weighted by Crippen LogP contribution is -2.24. The van der Waals surface area contributed by atoms with Gasteiger partial charge in [-0.1, -0.05) is 300 Å². The van der Waals surface area contributed by atoms with E-state index in [-0.39, 0.29) is 33.5 Å². The van der Waals surface area contributed by atoms with Crippen molar-refractivity contribution in [2.45, 2.75) is 116 Å². The summed E-state index contributed by atoms with van der Waals surface area (Å²) in [6, 6.07) is 60.4. The Hall–Kier alpha value is -8.59. The predicted octanol–water partition coefficient (Wildman–Crippen LogP) is 21.3. The minimum absolute atomic E-state index is 0.0184. The van der Waals surface area contributed by atoms with Crippen molar-refractivity contribution in [1.82, 2.24) is 4.98 Å². The molecule has 0 spiro atoms. The van der Waals surface area contributed by atoms with Crippen molar-refractivity contribution in [2.24, 2.45) is 10.9 Å². The molecule has 6 aliphatic rings. The van der Waals surface area contributed by atoms with Gasteiger partial charge >= 0.3 is 0 Å². The second kappa shape index (κ2) is 20.1. The lowest BCUT2D eigenvalue weighted by molar-refractivity contribution is 0.394. The van der Waals surface area contributed by atoms with Crippen LogP contribution in [0.3, 0.4) is 0 Å². The number of hydrogen-bond acceptors (Lipinski definition) is 1. The van der Waals surface area contributed by atoms with E-state index in [0.29, 0.717) is 5.92 Å². The molecule has 0 saturated heterocycles. The van der Waals surface area contributed by atoms with Gasteiger partial charge in [-0.2, -0.15) is 0 Å². The molecule has 2 heterocycles. The van der Waals surface area contributed by atoms with Crippen LogP contribution in [0.2, 0.25) is 0 Å². The van der Waals surface area contributed by atoms with Crippen molar-refractivity contribution in [2.75, 3.05) is 0 Å². The van der Waals surface area contributed by atoms with Crippen molar-refractivity contribution in [1.29, 1.82) is 0 Å². The molecular formula is C82H76N2. The zero-order valence-electron chi connectivity index (χ0n) is 50.5. The first-order valence-corrected chi connectivity index (χ1v) is 30.6. The van der Waals surface area contributed by atoms with Crippen LogP contribution in [0.5, 0.6) is 0 Å². The van der Waals surface area contributed by atoms with Gasteiger partial charge in [0.25, 0.3) is 0 Å². The van der Waals surface area contributed by atoms with Gasteiger partial charge in [0.2, 0.25) is 0 Å². The van der Waals surface area contributed by atoms with Crippen LogP contribution < -0.4 is 0 Å². The number of rotatable bonds is 8. The van der Waals surface area contributed by atoms with Crippen molar-refractivity contribution in [3.05, 3.63) is 302 Å². The van der Waals surface area contributed by atoms with Crippen LogP contribution in [-0.2, 0) is 21.7 Å². The molecule has 0 amide bonds. The molecule has 0 radical (unpaired) electrons. The van der Waals surface area contributed by atoms with Gasteiger partial charge in [0.1, 0.15) is 0 Å². The molecule has 8 aromatic rings. The lowest BCUT2D eigenvalue weighted by Gasteiger charge is -2.29. The molecule has 0 fully saturated rings. The second-order valence-electron chi connectivity index (χ2n) is 27.3. The van der Waals surface area contributed by atoms with Crippen molar-refractivity contribution in [3.63, 3.8) is 0 Å². The molecule has 7 aromatic carbocycles. The number of hydrogen-bond donors (Lipinski definition) is 1. The molecule has 1 aromatic heterocycles. The number of H-pyrrole nitrogens is 1. The third-order valence-electron chi connectivity index (χ3n) is 19.5. The van der Waals surface area contributed by atoms with E-state index in [1.54, 1.807) is 0 Å². The van der Waals surface area contributed by atoms with E-state index in [1.807, 2.05) is 0 Å². The minimum atomic E-state index is -0.194. The number of benzene rings is 7. The van der Waals surface area contributed by atoms with Gasteiger partial charge in [-0.05, 0) is 124 Å². The maximum absolute atomic E-state index is 6.37. The summed E-state index contributed by atoms with van der Waals surface area (Å²) in [6.45, 7) is 23.6. The SMILES string of the molecule is CC(C)(C)c1ccc(C2=N/C(=C(/c3cccc4c3C=CCC=C4)c3[nH]c(-c4ccc(C(C)(C)C)cc4)c(-c4cccc5c4-c4ccccc4C5(C)C)c3C3C=CC=CC3)C(c3ccccc3)=C2c2cccc3c2C2C=CC=CC2C3(C)C)cc1. The molecule has 2 nitrogen and oxygen atoms in total. The molecule has 3 unspecified atom stereocenters. The van der Waals surface area contributed by atoms with Crippen LogP contribution in [0.25, 0.3) is 62.4 Å². The van der Waals surface area contributed by atoms with E-state index in [2.05, 4.69) is 305 Å². The molecule has 3 atom stereocenters. The molecule has 0 saturated carbocycles. The highest BCUT2D eigenvalue weighted by molar-refractivity contribution is 6.42. The van der Waals surface area contributed by atoms with Crippen LogP contribution in [-0.4, -0.2) is 10.7 Å². The quantitative estimate of drug-likeness (QED) is 0.157. The number of allylic oxidation sites excluding steroid dienone is 12. The summed E-state index contributed by atoms with van der Waals surface area (Å²) in [5.74, 6) is 0.551. The number of aliphatic imine (C=N–C) groups is 1. The van der Waals surface area contributed by atoms with E-state index >= 15 is 0 Å². The number of fused-ring (bicyclic) bond motifs is 7. The van der Waals surface area contributed by atoms with Gasteiger partial charge in [-0.15, -0.1) is 0 Å². The van der Waals surface area contributed by atoms with Gasteiger partial charge in [0.15, 0.2) is 0 Å². The van der Waals surface area contributed by atoms with Crippen LogP contribution in [0, 0.1) is 5.92 Å².